The van der Waals surface area contributed by atoms with Gasteiger partial charge in [-0.15, -0.1) is 0 Å². The van der Waals surface area contributed by atoms with Crippen LogP contribution in [0.2, 0.25) is 0 Å². The van der Waals surface area contributed by atoms with Crippen molar-refractivity contribution in [3.63, 3.8) is 0 Å². The van der Waals surface area contributed by atoms with Crippen molar-refractivity contribution in [2.45, 2.75) is 10.5 Å². The number of benzene rings is 4. The van der Waals surface area contributed by atoms with Crippen molar-refractivity contribution in [1.29, 1.82) is 0 Å². The zero-order valence-electron chi connectivity index (χ0n) is 16.8. The van der Waals surface area contributed by atoms with Crippen molar-refractivity contribution in [2.24, 2.45) is 0 Å². The molecule has 4 aromatic carbocycles. The smallest absolute Gasteiger partial charge is 0.123 e. The van der Waals surface area contributed by atoms with Gasteiger partial charge in [-0.1, -0.05) is 48.5 Å². The van der Waals surface area contributed by atoms with Crippen molar-refractivity contribution in [1.82, 2.24) is 9.97 Å². The lowest BCUT2D eigenvalue weighted by atomic mass is 10.0. The SMILES string of the molecule is Fc1ccc(C(S)c2nc3cc4ccccc4cc3nc2C(S)c2ccc(F)cc2)cc1. The number of aromatic nitrogens is 2. The fraction of sp³-hybridized carbons (Fsp3) is 0.0769. The van der Waals surface area contributed by atoms with E-state index in [4.69, 9.17) is 35.2 Å². The van der Waals surface area contributed by atoms with Gasteiger partial charge in [0.05, 0.1) is 32.9 Å². The van der Waals surface area contributed by atoms with Crippen LogP contribution in [0.25, 0.3) is 21.8 Å². The summed E-state index contributed by atoms with van der Waals surface area (Å²) in [6.07, 6.45) is 0. The highest BCUT2D eigenvalue weighted by atomic mass is 32.1. The fourth-order valence-electron chi connectivity index (χ4n) is 3.78. The second-order valence-electron chi connectivity index (χ2n) is 7.59. The molecule has 5 aromatic rings. The van der Waals surface area contributed by atoms with Gasteiger partial charge < -0.3 is 0 Å². The molecule has 5 rings (SSSR count). The minimum Gasteiger partial charge on any atom is -0.248 e. The van der Waals surface area contributed by atoms with Crippen LogP contribution in [0.3, 0.4) is 0 Å². The second kappa shape index (κ2) is 8.52. The molecule has 0 aliphatic carbocycles. The molecule has 6 heteroatoms. The summed E-state index contributed by atoms with van der Waals surface area (Å²) < 4.78 is 26.9. The molecule has 2 atom stereocenters. The molecule has 0 saturated heterocycles. The lowest BCUT2D eigenvalue weighted by Gasteiger charge is -2.20. The number of nitrogens with zero attached hydrogens (tertiary/aromatic N) is 2. The van der Waals surface area contributed by atoms with Gasteiger partial charge in [-0.05, 0) is 58.3 Å². The maximum absolute atomic E-state index is 13.5. The zero-order valence-corrected chi connectivity index (χ0v) is 18.6. The van der Waals surface area contributed by atoms with E-state index in [2.05, 4.69) is 0 Å². The normalized spacial score (nSPS) is 13.4. The van der Waals surface area contributed by atoms with E-state index in [1.54, 1.807) is 24.3 Å². The highest BCUT2D eigenvalue weighted by molar-refractivity contribution is 7.81. The first-order valence-corrected chi connectivity index (χ1v) is 11.1. The maximum atomic E-state index is 13.5. The first-order chi connectivity index (χ1) is 15.5. The van der Waals surface area contributed by atoms with Gasteiger partial charge in [-0.2, -0.15) is 25.3 Å². The number of hydrogen-bond donors (Lipinski definition) is 2. The van der Waals surface area contributed by atoms with E-state index in [0.29, 0.717) is 11.4 Å². The second-order valence-corrected chi connectivity index (χ2v) is 8.62. The molecule has 0 aliphatic heterocycles. The van der Waals surface area contributed by atoms with Gasteiger partial charge in [-0.3, -0.25) is 0 Å². The number of rotatable bonds is 4. The lowest BCUT2D eigenvalue weighted by Crippen LogP contribution is -2.09. The Labute approximate surface area is 195 Å². The van der Waals surface area contributed by atoms with Gasteiger partial charge in [0, 0.05) is 0 Å². The third kappa shape index (κ3) is 3.96. The first-order valence-electron chi connectivity index (χ1n) is 10.1. The summed E-state index contributed by atoms with van der Waals surface area (Å²) in [5, 5.41) is 1.24. The Morgan fingerprint density at radius 3 is 1.31 bits per heavy atom. The predicted molar refractivity (Wildman–Crippen MR) is 132 cm³/mol. The van der Waals surface area contributed by atoms with Crippen LogP contribution < -0.4 is 0 Å². The van der Waals surface area contributed by atoms with E-state index < -0.39 is 10.5 Å². The van der Waals surface area contributed by atoms with E-state index in [0.717, 1.165) is 32.9 Å². The van der Waals surface area contributed by atoms with Crippen molar-refractivity contribution in [2.75, 3.05) is 0 Å². The number of hydrogen-bond acceptors (Lipinski definition) is 4. The molecular formula is C26H18F2N2S2. The lowest BCUT2D eigenvalue weighted by molar-refractivity contribution is 0.626. The monoisotopic (exact) mass is 460 g/mol. The van der Waals surface area contributed by atoms with Gasteiger partial charge in [0.1, 0.15) is 11.6 Å². The molecule has 0 bridgehead atoms. The molecular weight excluding hydrogens is 442 g/mol. The Morgan fingerprint density at radius 2 is 0.938 bits per heavy atom. The molecule has 0 saturated carbocycles. The molecule has 0 N–H and O–H groups in total. The molecule has 2 nitrogen and oxygen atoms in total. The Hall–Kier alpha value is -2.96. The molecule has 0 fully saturated rings. The quantitative estimate of drug-likeness (QED) is 0.221. The summed E-state index contributed by atoms with van der Waals surface area (Å²) in [6.45, 7) is 0. The summed E-state index contributed by atoms with van der Waals surface area (Å²) in [5.41, 5.74) is 4.33. The predicted octanol–water partition coefficient (Wildman–Crippen LogP) is 7.10. The zero-order chi connectivity index (χ0) is 22.2. The van der Waals surface area contributed by atoms with Crippen molar-refractivity contribution >= 4 is 47.1 Å². The molecule has 0 spiro atoms. The standard InChI is InChI=1S/C26H18F2N2S2/c27-19-9-5-15(6-10-19)25(31)23-24(26(32)16-7-11-20(28)12-8-16)30-22-14-18-4-2-1-3-17(18)13-21(22)29-23/h1-14,25-26,31-32H. The van der Waals surface area contributed by atoms with Crippen LogP contribution in [-0.2, 0) is 0 Å². The molecule has 0 amide bonds. The van der Waals surface area contributed by atoms with Gasteiger partial charge in [0.15, 0.2) is 0 Å². The summed E-state index contributed by atoms with van der Waals surface area (Å²) in [6, 6.07) is 24.4. The first kappa shape index (κ1) is 20.9. The molecule has 158 valence electrons. The van der Waals surface area contributed by atoms with E-state index in [9.17, 15) is 8.78 Å². The van der Waals surface area contributed by atoms with Crippen LogP contribution >= 0.6 is 25.3 Å². The van der Waals surface area contributed by atoms with Crippen molar-refractivity contribution in [3.05, 3.63) is 119 Å². The van der Waals surface area contributed by atoms with E-state index in [1.165, 1.54) is 24.3 Å². The number of fused-ring (bicyclic) bond motifs is 2. The molecule has 2 unspecified atom stereocenters. The Bertz CT molecular complexity index is 1310. The molecule has 0 aliphatic rings. The number of halogens is 2. The highest BCUT2D eigenvalue weighted by Crippen LogP contribution is 2.37. The van der Waals surface area contributed by atoms with Gasteiger partial charge in [-0.25, -0.2) is 18.7 Å². The Morgan fingerprint density at radius 1 is 0.562 bits per heavy atom. The van der Waals surface area contributed by atoms with Crippen LogP contribution in [0, 0.1) is 11.6 Å². The van der Waals surface area contributed by atoms with Crippen LogP contribution in [0.15, 0.2) is 84.9 Å². The molecule has 32 heavy (non-hydrogen) atoms. The van der Waals surface area contributed by atoms with Crippen LogP contribution in [0.1, 0.15) is 33.0 Å². The third-order valence-electron chi connectivity index (χ3n) is 5.48. The van der Waals surface area contributed by atoms with E-state index in [-0.39, 0.29) is 11.6 Å². The largest absolute Gasteiger partial charge is 0.248 e. The minimum absolute atomic E-state index is 0.316. The van der Waals surface area contributed by atoms with E-state index >= 15 is 0 Å². The van der Waals surface area contributed by atoms with Gasteiger partial charge >= 0.3 is 0 Å². The summed E-state index contributed by atoms with van der Waals surface area (Å²) in [4.78, 5) is 9.87. The molecule has 1 aromatic heterocycles. The average Bonchev–Trinajstić information content (AvgIpc) is 2.82. The summed E-state index contributed by atoms with van der Waals surface area (Å²) in [7, 11) is 0. The summed E-state index contributed by atoms with van der Waals surface area (Å²) >= 11 is 9.63. The molecule has 0 radical (unpaired) electrons. The minimum atomic E-state index is -0.441. The van der Waals surface area contributed by atoms with Crippen LogP contribution in [0.5, 0.6) is 0 Å². The van der Waals surface area contributed by atoms with Crippen LogP contribution in [-0.4, -0.2) is 9.97 Å². The topological polar surface area (TPSA) is 25.8 Å². The van der Waals surface area contributed by atoms with E-state index in [1.807, 2.05) is 36.4 Å². The highest BCUT2D eigenvalue weighted by Gasteiger charge is 2.24. The van der Waals surface area contributed by atoms with Crippen molar-refractivity contribution < 1.29 is 8.78 Å². The molecule has 1 heterocycles. The average molecular weight is 461 g/mol. The van der Waals surface area contributed by atoms with Gasteiger partial charge in [0.2, 0.25) is 0 Å². The maximum Gasteiger partial charge on any atom is 0.123 e. The van der Waals surface area contributed by atoms with Gasteiger partial charge in [0.25, 0.3) is 0 Å². The summed E-state index contributed by atoms with van der Waals surface area (Å²) in [5.74, 6) is -0.632. The van der Waals surface area contributed by atoms with Crippen molar-refractivity contribution in [3.8, 4) is 0 Å². The number of thiol groups is 2. The Balaban J connectivity index is 1.72. The Kier molecular flexibility index (Phi) is 5.57. The third-order valence-corrected chi connectivity index (χ3v) is 6.56. The fourth-order valence-corrected chi connectivity index (χ4v) is 4.50. The van der Waals surface area contributed by atoms with Crippen LogP contribution in [0.4, 0.5) is 8.78 Å².